The number of nitrogens with one attached hydrogen (secondary N) is 1. The third-order valence-corrected chi connectivity index (χ3v) is 4.03. The van der Waals surface area contributed by atoms with Crippen LogP contribution in [-0.2, 0) is 18.2 Å². The summed E-state index contributed by atoms with van der Waals surface area (Å²) in [6, 6.07) is 0. The van der Waals surface area contributed by atoms with Crippen LogP contribution in [0.5, 0.6) is 0 Å². The Kier molecular flexibility index (Phi) is 5.98. The molecule has 0 aliphatic carbocycles. The normalized spacial score (nSPS) is 16.6. The van der Waals surface area contributed by atoms with Gasteiger partial charge in [-0.05, 0) is 46.1 Å². The number of aromatic nitrogens is 3. The number of aryl methyl sites for hydroxylation is 1. The Morgan fingerprint density at radius 2 is 2.09 bits per heavy atom. The van der Waals surface area contributed by atoms with Crippen LogP contribution in [0.2, 0.25) is 0 Å². The first-order valence-corrected chi connectivity index (χ1v) is 8.36. The Morgan fingerprint density at radius 3 is 2.65 bits per heavy atom. The largest absolute Gasteiger partial charge is 0.444 e. The molecule has 0 bridgehead atoms. The highest BCUT2D eigenvalue weighted by Gasteiger charge is 2.26. The molecule has 1 fully saturated rings. The average molecular weight is 323 g/mol. The van der Waals surface area contributed by atoms with E-state index in [-0.39, 0.29) is 6.09 Å². The van der Waals surface area contributed by atoms with Gasteiger partial charge >= 0.3 is 6.09 Å². The molecule has 0 radical (unpaired) electrons. The molecule has 2 rings (SSSR count). The van der Waals surface area contributed by atoms with Crippen molar-refractivity contribution >= 4 is 6.09 Å². The van der Waals surface area contributed by atoms with Gasteiger partial charge in [0.2, 0.25) is 0 Å². The minimum absolute atomic E-state index is 0.189. The number of likely N-dealkylation sites (tertiary alicyclic amines) is 1. The lowest BCUT2D eigenvalue weighted by Crippen LogP contribution is -2.43. The van der Waals surface area contributed by atoms with Crippen molar-refractivity contribution in [1.29, 1.82) is 0 Å². The molecule has 0 unspecified atom stereocenters. The van der Waals surface area contributed by atoms with Crippen LogP contribution < -0.4 is 5.32 Å². The van der Waals surface area contributed by atoms with Crippen molar-refractivity contribution in [2.24, 2.45) is 13.0 Å². The van der Waals surface area contributed by atoms with Crippen molar-refractivity contribution in [1.82, 2.24) is 25.0 Å². The summed E-state index contributed by atoms with van der Waals surface area (Å²) in [6.45, 7) is 9.16. The van der Waals surface area contributed by atoms with E-state index in [1.807, 2.05) is 37.3 Å². The number of piperidine rings is 1. The first-order valence-electron chi connectivity index (χ1n) is 8.36. The number of ether oxygens (including phenoxy) is 1. The lowest BCUT2D eigenvalue weighted by molar-refractivity contribution is 0.0184. The molecule has 7 nitrogen and oxygen atoms in total. The van der Waals surface area contributed by atoms with Gasteiger partial charge in [-0.25, -0.2) is 4.79 Å². The third-order valence-electron chi connectivity index (χ3n) is 4.03. The highest BCUT2D eigenvalue weighted by Crippen LogP contribution is 2.19. The molecule has 1 amide bonds. The predicted molar refractivity (Wildman–Crippen MR) is 88.1 cm³/mol. The number of amides is 1. The zero-order valence-corrected chi connectivity index (χ0v) is 14.7. The second kappa shape index (κ2) is 7.77. The zero-order valence-electron chi connectivity index (χ0n) is 14.7. The molecule has 0 aromatic carbocycles. The Balaban J connectivity index is 1.61. The topological polar surface area (TPSA) is 72.3 Å². The van der Waals surface area contributed by atoms with Crippen LogP contribution in [0.1, 0.15) is 39.4 Å². The molecule has 1 aliphatic rings. The van der Waals surface area contributed by atoms with Gasteiger partial charge in [-0.15, -0.1) is 10.2 Å². The number of hydrogen-bond donors (Lipinski definition) is 1. The van der Waals surface area contributed by atoms with Crippen LogP contribution in [0, 0.1) is 5.92 Å². The van der Waals surface area contributed by atoms with Crippen LogP contribution in [0.3, 0.4) is 0 Å². The van der Waals surface area contributed by atoms with Crippen molar-refractivity contribution in [3.63, 3.8) is 0 Å². The summed E-state index contributed by atoms with van der Waals surface area (Å²) in [4.78, 5) is 13.8. The Labute approximate surface area is 138 Å². The minimum atomic E-state index is -0.421. The second-order valence-corrected chi connectivity index (χ2v) is 7.22. The van der Waals surface area contributed by atoms with Crippen molar-refractivity contribution in [3.05, 3.63) is 12.2 Å². The molecule has 1 aromatic rings. The Hall–Kier alpha value is -1.63. The summed E-state index contributed by atoms with van der Waals surface area (Å²) < 4.78 is 7.37. The van der Waals surface area contributed by atoms with Crippen LogP contribution in [0.15, 0.2) is 6.33 Å². The molecule has 1 aromatic heterocycles. The first-order chi connectivity index (χ1) is 10.8. The molecule has 0 spiro atoms. The smallest absolute Gasteiger partial charge is 0.410 e. The maximum absolute atomic E-state index is 12.0. The summed E-state index contributed by atoms with van der Waals surface area (Å²) in [7, 11) is 1.96. The van der Waals surface area contributed by atoms with E-state index >= 15 is 0 Å². The average Bonchev–Trinajstić information content (AvgIpc) is 2.88. The molecule has 23 heavy (non-hydrogen) atoms. The molecule has 0 saturated carbocycles. The Bertz CT molecular complexity index is 501. The van der Waals surface area contributed by atoms with Gasteiger partial charge < -0.3 is 19.5 Å². The molecule has 2 heterocycles. The first kappa shape index (κ1) is 17.7. The SMILES string of the molecule is Cn1cnnc1CCNCC1CCN(C(=O)OC(C)(C)C)CC1. The van der Waals surface area contributed by atoms with Crippen LogP contribution in [0.25, 0.3) is 0 Å². The van der Waals surface area contributed by atoms with Gasteiger partial charge in [-0.1, -0.05) is 0 Å². The van der Waals surface area contributed by atoms with Gasteiger partial charge in [0.05, 0.1) is 0 Å². The van der Waals surface area contributed by atoms with Crippen LogP contribution in [0.4, 0.5) is 4.79 Å². The van der Waals surface area contributed by atoms with Gasteiger partial charge in [0, 0.05) is 33.1 Å². The second-order valence-electron chi connectivity index (χ2n) is 7.22. The van der Waals surface area contributed by atoms with Gasteiger partial charge in [0.25, 0.3) is 0 Å². The van der Waals surface area contributed by atoms with E-state index in [9.17, 15) is 4.79 Å². The maximum atomic E-state index is 12.0. The summed E-state index contributed by atoms with van der Waals surface area (Å²) in [5, 5.41) is 11.4. The van der Waals surface area contributed by atoms with E-state index in [1.54, 1.807) is 6.33 Å². The minimum Gasteiger partial charge on any atom is -0.444 e. The standard InChI is InChI=1S/C16H29N5O2/c1-16(2,3)23-15(22)21-9-6-13(7-10-21)11-17-8-5-14-19-18-12-20(14)4/h12-13,17H,5-11H2,1-4H3. The monoisotopic (exact) mass is 323 g/mol. The summed E-state index contributed by atoms with van der Waals surface area (Å²) in [5.74, 6) is 1.62. The quantitative estimate of drug-likeness (QED) is 0.833. The Morgan fingerprint density at radius 1 is 1.39 bits per heavy atom. The number of nitrogens with zero attached hydrogens (tertiary/aromatic N) is 4. The van der Waals surface area contributed by atoms with Crippen molar-refractivity contribution < 1.29 is 9.53 Å². The van der Waals surface area contributed by atoms with E-state index in [0.29, 0.717) is 5.92 Å². The van der Waals surface area contributed by atoms with E-state index in [0.717, 1.165) is 51.3 Å². The predicted octanol–water partition coefficient (Wildman–Crippen LogP) is 1.59. The fourth-order valence-corrected chi connectivity index (χ4v) is 2.69. The van der Waals surface area contributed by atoms with E-state index < -0.39 is 5.60 Å². The molecule has 130 valence electrons. The number of hydrogen-bond acceptors (Lipinski definition) is 5. The molecular formula is C16H29N5O2. The number of carbonyl (C=O) groups is 1. The van der Waals surface area contributed by atoms with Gasteiger partial charge in [-0.2, -0.15) is 0 Å². The maximum Gasteiger partial charge on any atom is 0.410 e. The van der Waals surface area contributed by atoms with Crippen molar-refractivity contribution in [2.75, 3.05) is 26.2 Å². The molecule has 1 N–H and O–H groups in total. The highest BCUT2D eigenvalue weighted by atomic mass is 16.6. The van der Waals surface area contributed by atoms with Crippen LogP contribution in [-0.4, -0.2) is 57.5 Å². The number of carbonyl (C=O) groups excluding carboxylic acids is 1. The summed E-state index contributed by atoms with van der Waals surface area (Å²) in [5.41, 5.74) is -0.421. The molecular weight excluding hydrogens is 294 g/mol. The summed E-state index contributed by atoms with van der Waals surface area (Å²) in [6.07, 6.45) is 4.47. The van der Waals surface area contributed by atoms with E-state index in [2.05, 4.69) is 15.5 Å². The van der Waals surface area contributed by atoms with E-state index in [4.69, 9.17) is 4.74 Å². The molecule has 1 saturated heterocycles. The fraction of sp³-hybridized carbons (Fsp3) is 0.812. The van der Waals surface area contributed by atoms with Crippen molar-refractivity contribution in [2.45, 2.75) is 45.6 Å². The number of rotatable bonds is 5. The van der Waals surface area contributed by atoms with Crippen molar-refractivity contribution in [3.8, 4) is 0 Å². The lowest BCUT2D eigenvalue weighted by atomic mass is 9.97. The van der Waals surface area contributed by atoms with E-state index in [1.165, 1.54) is 0 Å². The highest BCUT2D eigenvalue weighted by molar-refractivity contribution is 5.68. The summed E-state index contributed by atoms with van der Waals surface area (Å²) >= 11 is 0. The van der Waals surface area contributed by atoms with Gasteiger partial charge in [0.15, 0.2) is 0 Å². The van der Waals surface area contributed by atoms with Gasteiger partial charge in [0.1, 0.15) is 17.8 Å². The fourth-order valence-electron chi connectivity index (χ4n) is 2.69. The van der Waals surface area contributed by atoms with Gasteiger partial charge in [-0.3, -0.25) is 0 Å². The zero-order chi connectivity index (χ0) is 16.9. The molecule has 1 aliphatic heterocycles. The lowest BCUT2D eigenvalue weighted by Gasteiger charge is -2.33. The third kappa shape index (κ3) is 5.82. The van der Waals surface area contributed by atoms with Crippen LogP contribution >= 0.6 is 0 Å². The molecule has 0 atom stereocenters. The molecule has 7 heteroatoms.